The average Bonchev–Trinajstić information content (AvgIpc) is 2.90. The SMILES string of the molecule is C=CCOC(=O)C(SC(C)(C(=O)NCCCCCCc1ccc(Cl)cc1)N1CCC1=O)c1ccccc1. The van der Waals surface area contributed by atoms with Gasteiger partial charge in [0.25, 0.3) is 5.91 Å². The van der Waals surface area contributed by atoms with Gasteiger partial charge in [0, 0.05) is 24.5 Å². The summed E-state index contributed by atoms with van der Waals surface area (Å²) in [5, 5.41) is 2.99. The van der Waals surface area contributed by atoms with Crippen LogP contribution in [0.25, 0.3) is 0 Å². The molecule has 6 nitrogen and oxygen atoms in total. The van der Waals surface area contributed by atoms with Crippen LogP contribution in [0.2, 0.25) is 5.02 Å². The van der Waals surface area contributed by atoms with Crippen molar-refractivity contribution in [3.05, 3.63) is 83.4 Å². The highest BCUT2D eigenvalue weighted by Crippen LogP contribution is 2.44. The summed E-state index contributed by atoms with van der Waals surface area (Å²) in [7, 11) is 0. The second-order valence-corrected chi connectivity index (χ2v) is 11.1. The molecule has 0 aromatic heterocycles. The van der Waals surface area contributed by atoms with Gasteiger partial charge in [0.2, 0.25) is 5.91 Å². The first kappa shape index (κ1) is 28.8. The average molecular weight is 543 g/mol. The fraction of sp³-hybridized carbons (Fsp3) is 0.414. The zero-order chi connectivity index (χ0) is 26.7. The molecule has 1 fully saturated rings. The lowest BCUT2D eigenvalue weighted by Gasteiger charge is -2.45. The summed E-state index contributed by atoms with van der Waals surface area (Å²) in [5.74, 6) is -0.841. The number of carbonyl (C=O) groups excluding carboxylic acids is 3. The zero-order valence-corrected chi connectivity index (χ0v) is 22.9. The van der Waals surface area contributed by atoms with Gasteiger partial charge in [-0.05, 0) is 49.4 Å². The maximum atomic E-state index is 13.4. The molecule has 1 N–H and O–H groups in total. The van der Waals surface area contributed by atoms with E-state index in [0.29, 0.717) is 25.1 Å². The van der Waals surface area contributed by atoms with Crippen LogP contribution in [0.1, 0.15) is 55.4 Å². The van der Waals surface area contributed by atoms with Crippen molar-refractivity contribution in [3.63, 3.8) is 0 Å². The fourth-order valence-electron chi connectivity index (χ4n) is 4.16. The molecule has 0 radical (unpaired) electrons. The molecule has 0 saturated carbocycles. The van der Waals surface area contributed by atoms with Crippen LogP contribution in [-0.2, 0) is 25.5 Å². The van der Waals surface area contributed by atoms with Crippen LogP contribution in [0.3, 0.4) is 0 Å². The molecule has 0 spiro atoms. The van der Waals surface area contributed by atoms with Crippen LogP contribution < -0.4 is 5.32 Å². The first-order chi connectivity index (χ1) is 17.8. The van der Waals surface area contributed by atoms with E-state index in [9.17, 15) is 14.4 Å². The van der Waals surface area contributed by atoms with E-state index >= 15 is 0 Å². The monoisotopic (exact) mass is 542 g/mol. The summed E-state index contributed by atoms with van der Waals surface area (Å²) < 4.78 is 5.35. The minimum atomic E-state index is -1.24. The Kier molecular flexibility index (Phi) is 11.1. The minimum absolute atomic E-state index is 0.0757. The van der Waals surface area contributed by atoms with Crippen molar-refractivity contribution < 1.29 is 19.1 Å². The number of nitrogens with zero attached hydrogens (tertiary/aromatic N) is 1. The third-order valence-electron chi connectivity index (χ3n) is 6.38. The number of nitrogens with one attached hydrogen (secondary N) is 1. The van der Waals surface area contributed by atoms with Crippen LogP contribution in [0.4, 0.5) is 0 Å². The van der Waals surface area contributed by atoms with Crippen LogP contribution >= 0.6 is 23.4 Å². The maximum absolute atomic E-state index is 13.4. The molecule has 1 saturated heterocycles. The number of rotatable bonds is 15. The molecule has 1 aliphatic rings. The lowest BCUT2D eigenvalue weighted by molar-refractivity contribution is -0.150. The van der Waals surface area contributed by atoms with Crippen LogP contribution in [0, 0.1) is 0 Å². The molecule has 1 heterocycles. The molecular weight excluding hydrogens is 508 g/mol. The quantitative estimate of drug-likeness (QED) is 0.135. The molecule has 198 valence electrons. The Hall–Kier alpha value is -2.77. The van der Waals surface area contributed by atoms with Crippen molar-refractivity contribution in [2.75, 3.05) is 19.7 Å². The number of halogens is 1. The van der Waals surface area contributed by atoms with Gasteiger partial charge in [-0.15, -0.1) is 11.8 Å². The summed E-state index contributed by atoms with van der Waals surface area (Å²) >= 11 is 7.08. The Morgan fingerprint density at radius 3 is 2.46 bits per heavy atom. The number of amides is 2. The zero-order valence-electron chi connectivity index (χ0n) is 21.3. The van der Waals surface area contributed by atoms with Gasteiger partial charge in [0.1, 0.15) is 11.9 Å². The van der Waals surface area contributed by atoms with Crippen molar-refractivity contribution in [1.29, 1.82) is 0 Å². The molecule has 37 heavy (non-hydrogen) atoms. The molecule has 2 aromatic carbocycles. The molecular formula is C29H35ClN2O4S. The number of esters is 1. The van der Waals surface area contributed by atoms with Gasteiger partial charge in [0.05, 0.1) is 0 Å². The Morgan fingerprint density at radius 1 is 1.14 bits per heavy atom. The normalized spacial score (nSPS) is 15.3. The highest BCUT2D eigenvalue weighted by Gasteiger charge is 2.49. The lowest BCUT2D eigenvalue weighted by Crippen LogP contribution is -2.62. The van der Waals surface area contributed by atoms with Crippen LogP contribution in [-0.4, -0.2) is 47.3 Å². The van der Waals surface area contributed by atoms with Gasteiger partial charge in [-0.1, -0.05) is 79.6 Å². The largest absolute Gasteiger partial charge is 0.460 e. The number of benzene rings is 2. The number of thioether (sulfide) groups is 1. The molecule has 2 aromatic rings. The smallest absolute Gasteiger partial charge is 0.324 e. The Labute approximate surface area is 228 Å². The highest BCUT2D eigenvalue weighted by atomic mass is 35.5. The molecule has 8 heteroatoms. The number of aryl methyl sites for hydroxylation is 1. The van der Waals surface area contributed by atoms with Gasteiger partial charge in [0.15, 0.2) is 4.87 Å². The molecule has 2 atom stereocenters. The van der Waals surface area contributed by atoms with Crippen molar-refractivity contribution in [3.8, 4) is 0 Å². The van der Waals surface area contributed by atoms with E-state index in [1.165, 1.54) is 11.6 Å². The third-order valence-corrected chi connectivity index (χ3v) is 8.20. The number of ether oxygens (including phenoxy) is 1. The van der Waals surface area contributed by atoms with E-state index < -0.39 is 16.1 Å². The summed E-state index contributed by atoms with van der Waals surface area (Å²) in [6.45, 7) is 6.38. The van der Waals surface area contributed by atoms with Crippen molar-refractivity contribution in [1.82, 2.24) is 10.2 Å². The van der Waals surface area contributed by atoms with Crippen molar-refractivity contribution in [2.24, 2.45) is 0 Å². The Bertz CT molecular complexity index is 1060. The summed E-state index contributed by atoms with van der Waals surface area (Å²) in [5.41, 5.74) is 1.98. The number of unbranched alkanes of at least 4 members (excludes halogenated alkanes) is 3. The van der Waals surface area contributed by atoms with E-state index in [-0.39, 0.29) is 18.4 Å². The molecule has 1 aliphatic heterocycles. The second kappa shape index (κ2) is 14.2. The topological polar surface area (TPSA) is 75.7 Å². The van der Waals surface area contributed by atoms with Gasteiger partial charge in [-0.2, -0.15) is 0 Å². The fourth-order valence-corrected chi connectivity index (χ4v) is 5.70. The number of likely N-dealkylation sites (tertiary alicyclic amines) is 1. The van der Waals surface area contributed by atoms with Crippen LogP contribution in [0.15, 0.2) is 67.3 Å². The Balaban J connectivity index is 1.57. The molecule has 2 unspecified atom stereocenters. The lowest BCUT2D eigenvalue weighted by atomic mass is 10.1. The van der Waals surface area contributed by atoms with Gasteiger partial charge in [-0.25, -0.2) is 0 Å². The van der Waals surface area contributed by atoms with Crippen molar-refractivity contribution in [2.45, 2.75) is 55.6 Å². The maximum Gasteiger partial charge on any atom is 0.324 e. The Morgan fingerprint density at radius 2 is 1.84 bits per heavy atom. The van der Waals surface area contributed by atoms with E-state index in [1.807, 2.05) is 54.6 Å². The number of hydrogen-bond donors (Lipinski definition) is 1. The first-order valence-electron chi connectivity index (χ1n) is 12.7. The highest BCUT2D eigenvalue weighted by molar-refractivity contribution is 8.02. The minimum Gasteiger partial charge on any atom is -0.460 e. The summed E-state index contributed by atoms with van der Waals surface area (Å²) in [6.07, 6.45) is 6.85. The predicted octanol–water partition coefficient (Wildman–Crippen LogP) is 5.71. The number of β-lactam (4-membered cyclic amide) rings is 1. The van der Waals surface area contributed by atoms with Crippen molar-refractivity contribution >= 4 is 41.1 Å². The van der Waals surface area contributed by atoms with E-state index in [0.717, 1.165) is 48.9 Å². The predicted molar refractivity (Wildman–Crippen MR) is 149 cm³/mol. The first-order valence-corrected chi connectivity index (χ1v) is 13.9. The molecule has 2 amide bonds. The molecule has 0 bridgehead atoms. The summed E-state index contributed by atoms with van der Waals surface area (Å²) in [4.78, 5) is 39.1. The molecule has 3 rings (SSSR count). The number of hydrogen-bond acceptors (Lipinski definition) is 5. The second-order valence-electron chi connectivity index (χ2n) is 9.15. The van der Waals surface area contributed by atoms with Gasteiger partial charge >= 0.3 is 5.97 Å². The summed E-state index contributed by atoms with van der Waals surface area (Å²) in [6, 6.07) is 17.1. The molecule has 0 aliphatic carbocycles. The third kappa shape index (κ3) is 8.11. The van der Waals surface area contributed by atoms with E-state index in [1.54, 1.807) is 11.8 Å². The van der Waals surface area contributed by atoms with Gasteiger partial charge < -0.3 is 15.0 Å². The standard InChI is InChI=1S/C29H35ClN2O4S/c1-3-21-36-27(34)26(23-12-8-6-9-13-23)37-29(2,32-20-18-25(32)33)28(35)31-19-10-5-4-7-11-22-14-16-24(30)17-15-22/h3,6,8-9,12-17,26H,1,4-5,7,10-11,18-21H2,2H3,(H,31,35). The van der Waals surface area contributed by atoms with E-state index in [2.05, 4.69) is 11.9 Å². The number of carbonyl (C=O) groups is 3. The van der Waals surface area contributed by atoms with Gasteiger partial charge in [-0.3, -0.25) is 14.4 Å². The van der Waals surface area contributed by atoms with E-state index in [4.69, 9.17) is 16.3 Å². The van der Waals surface area contributed by atoms with Crippen LogP contribution in [0.5, 0.6) is 0 Å².